The number of nitrogens with one attached hydrogen (secondary N) is 1. The highest BCUT2D eigenvalue weighted by atomic mass is 16.6. The van der Waals surface area contributed by atoms with E-state index in [1.54, 1.807) is 6.07 Å². The van der Waals surface area contributed by atoms with Crippen molar-refractivity contribution in [2.75, 3.05) is 5.32 Å². The molecular formula is C16H23N3O2. The van der Waals surface area contributed by atoms with Crippen molar-refractivity contribution in [1.82, 2.24) is 0 Å². The first kappa shape index (κ1) is 17.0. The van der Waals surface area contributed by atoms with Gasteiger partial charge in [-0.2, -0.15) is 5.26 Å². The Hall–Kier alpha value is -2.09. The zero-order valence-corrected chi connectivity index (χ0v) is 12.8. The molecule has 0 aliphatic heterocycles. The molecule has 0 aliphatic rings. The van der Waals surface area contributed by atoms with Gasteiger partial charge in [0.1, 0.15) is 6.07 Å². The lowest BCUT2D eigenvalue weighted by Gasteiger charge is -2.16. The quantitative estimate of drug-likeness (QED) is 0.408. The standard InChI is InChI=1S/C16H23N3O2/c1-3-4-5-6-7-8-13(2)18-16-10-9-15(19(20)21)11-14(16)12-17/h9-11,13,18H,3-8H2,1-2H3. The van der Waals surface area contributed by atoms with Crippen LogP contribution in [0.1, 0.15) is 57.9 Å². The highest BCUT2D eigenvalue weighted by Gasteiger charge is 2.12. The molecule has 0 radical (unpaired) electrons. The lowest BCUT2D eigenvalue weighted by atomic mass is 10.1. The summed E-state index contributed by atoms with van der Waals surface area (Å²) in [6, 6.07) is 6.62. The molecule has 114 valence electrons. The average Bonchev–Trinajstić information content (AvgIpc) is 2.47. The number of rotatable bonds is 9. The molecule has 1 aromatic carbocycles. The molecule has 0 amide bonds. The highest BCUT2D eigenvalue weighted by molar-refractivity contribution is 5.61. The van der Waals surface area contributed by atoms with Crippen LogP contribution in [0.2, 0.25) is 0 Å². The fourth-order valence-electron chi connectivity index (χ4n) is 2.26. The van der Waals surface area contributed by atoms with Crippen molar-refractivity contribution in [2.45, 2.75) is 58.4 Å². The van der Waals surface area contributed by atoms with E-state index in [1.807, 2.05) is 6.07 Å². The summed E-state index contributed by atoms with van der Waals surface area (Å²) >= 11 is 0. The van der Waals surface area contributed by atoms with Crippen molar-refractivity contribution < 1.29 is 4.92 Å². The Balaban J connectivity index is 2.54. The zero-order valence-electron chi connectivity index (χ0n) is 12.8. The van der Waals surface area contributed by atoms with Gasteiger partial charge < -0.3 is 5.32 Å². The minimum absolute atomic E-state index is 0.0516. The Morgan fingerprint density at radius 1 is 1.33 bits per heavy atom. The molecule has 5 heteroatoms. The summed E-state index contributed by atoms with van der Waals surface area (Å²) in [6.45, 7) is 4.27. The predicted octanol–water partition coefficient (Wildman–Crippen LogP) is 4.63. The summed E-state index contributed by atoms with van der Waals surface area (Å²) in [5, 5.41) is 23.1. The summed E-state index contributed by atoms with van der Waals surface area (Å²) in [5.41, 5.74) is 0.940. The minimum Gasteiger partial charge on any atom is -0.382 e. The van der Waals surface area contributed by atoms with Crippen LogP contribution < -0.4 is 5.32 Å². The number of nitriles is 1. The lowest BCUT2D eigenvalue weighted by Crippen LogP contribution is -2.15. The van der Waals surface area contributed by atoms with Gasteiger partial charge in [-0.15, -0.1) is 0 Å². The van der Waals surface area contributed by atoms with Crippen molar-refractivity contribution >= 4 is 11.4 Å². The molecule has 1 aromatic rings. The van der Waals surface area contributed by atoms with E-state index < -0.39 is 4.92 Å². The minimum atomic E-state index is -0.484. The maximum absolute atomic E-state index is 10.7. The molecule has 21 heavy (non-hydrogen) atoms. The lowest BCUT2D eigenvalue weighted by molar-refractivity contribution is -0.384. The Morgan fingerprint density at radius 2 is 2.05 bits per heavy atom. The van der Waals surface area contributed by atoms with Crippen LogP contribution in [-0.2, 0) is 0 Å². The van der Waals surface area contributed by atoms with E-state index in [0.717, 1.165) is 12.8 Å². The van der Waals surface area contributed by atoms with E-state index in [2.05, 4.69) is 19.2 Å². The van der Waals surface area contributed by atoms with Gasteiger partial charge >= 0.3 is 0 Å². The second kappa shape index (κ2) is 8.96. The van der Waals surface area contributed by atoms with E-state index in [4.69, 9.17) is 5.26 Å². The van der Waals surface area contributed by atoms with Crippen LogP contribution in [0.15, 0.2) is 18.2 Å². The Bertz CT molecular complexity index is 509. The molecular weight excluding hydrogens is 266 g/mol. The molecule has 1 atom stereocenters. The molecule has 0 spiro atoms. The van der Waals surface area contributed by atoms with Gasteiger partial charge in [0, 0.05) is 18.2 Å². The van der Waals surface area contributed by atoms with Gasteiger partial charge in [-0.3, -0.25) is 10.1 Å². The summed E-state index contributed by atoms with van der Waals surface area (Å²) in [6.07, 6.45) is 7.20. The van der Waals surface area contributed by atoms with E-state index >= 15 is 0 Å². The van der Waals surface area contributed by atoms with Gasteiger partial charge in [0.25, 0.3) is 5.69 Å². The average molecular weight is 289 g/mol. The van der Waals surface area contributed by atoms with E-state index in [1.165, 1.54) is 37.8 Å². The highest BCUT2D eigenvalue weighted by Crippen LogP contribution is 2.22. The van der Waals surface area contributed by atoms with Crippen molar-refractivity contribution in [3.63, 3.8) is 0 Å². The molecule has 0 saturated heterocycles. The molecule has 0 aromatic heterocycles. The van der Waals surface area contributed by atoms with Crippen molar-refractivity contribution in [1.29, 1.82) is 5.26 Å². The van der Waals surface area contributed by atoms with Crippen LogP contribution >= 0.6 is 0 Å². The van der Waals surface area contributed by atoms with Crippen LogP contribution in [-0.4, -0.2) is 11.0 Å². The largest absolute Gasteiger partial charge is 0.382 e. The number of anilines is 1. The number of nitro groups is 1. The van der Waals surface area contributed by atoms with E-state index in [9.17, 15) is 10.1 Å². The van der Waals surface area contributed by atoms with Gasteiger partial charge in [0.05, 0.1) is 16.2 Å². The number of nitro benzene ring substituents is 1. The topological polar surface area (TPSA) is 79.0 Å². The van der Waals surface area contributed by atoms with Gasteiger partial charge in [-0.05, 0) is 19.4 Å². The van der Waals surface area contributed by atoms with E-state index in [-0.39, 0.29) is 11.7 Å². The molecule has 1 rings (SSSR count). The first-order valence-corrected chi connectivity index (χ1v) is 7.53. The fourth-order valence-corrected chi connectivity index (χ4v) is 2.26. The third kappa shape index (κ3) is 5.82. The van der Waals surface area contributed by atoms with Crippen LogP contribution in [0.3, 0.4) is 0 Å². The summed E-state index contributed by atoms with van der Waals surface area (Å²) < 4.78 is 0. The number of non-ortho nitro benzene ring substituents is 1. The molecule has 1 N–H and O–H groups in total. The maximum atomic E-state index is 10.7. The van der Waals surface area contributed by atoms with Crippen LogP contribution in [0, 0.1) is 21.4 Å². The third-order valence-corrected chi connectivity index (χ3v) is 3.48. The monoisotopic (exact) mass is 289 g/mol. The molecule has 5 nitrogen and oxygen atoms in total. The first-order chi connectivity index (χ1) is 10.1. The number of hydrogen-bond donors (Lipinski definition) is 1. The summed E-state index contributed by atoms with van der Waals surface area (Å²) in [5.74, 6) is 0. The molecule has 0 aliphatic carbocycles. The first-order valence-electron chi connectivity index (χ1n) is 7.53. The number of hydrogen-bond acceptors (Lipinski definition) is 4. The SMILES string of the molecule is CCCCCCCC(C)Nc1ccc([N+](=O)[O-])cc1C#N. The fraction of sp³-hybridized carbons (Fsp3) is 0.562. The second-order valence-electron chi connectivity index (χ2n) is 5.35. The summed E-state index contributed by atoms with van der Waals surface area (Å²) in [7, 11) is 0. The second-order valence-corrected chi connectivity index (χ2v) is 5.35. The Morgan fingerprint density at radius 3 is 2.67 bits per heavy atom. The van der Waals surface area contributed by atoms with Crippen molar-refractivity contribution in [3.05, 3.63) is 33.9 Å². The molecule has 1 unspecified atom stereocenters. The third-order valence-electron chi connectivity index (χ3n) is 3.48. The number of benzene rings is 1. The Labute approximate surface area is 126 Å². The van der Waals surface area contributed by atoms with Gasteiger partial charge in [-0.1, -0.05) is 39.0 Å². The van der Waals surface area contributed by atoms with Gasteiger partial charge in [-0.25, -0.2) is 0 Å². The van der Waals surface area contributed by atoms with E-state index in [0.29, 0.717) is 11.3 Å². The molecule has 0 fully saturated rings. The van der Waals surface area contributed by atoms with Crippen LogP contribution in [0.5, 0.6) is 0 Å². The normalized spacial score (nSPS) is 11.7. The summed E-state index contributed by atoms with van der Waals surface area (Å²) in [4.78, 5) is 10.2. The van der Waals surface area contributed by atoms with Crippen LogP contribution in [0.4, 0.5) is 11.4 Å². The molecule has 0 saturated carbocycles. The number of unbranched alkanes of at least 4 members (excludes halogenated alkanes) is 4. The van der Waals surface area contributed by atoms with Crippen LogP contribution in [0.25, 0.3) is 0 Å². The number of nitrogens with zero attached hydrogens (tertiary/aromatic N) is 2. The van der Waals surface area contributed by atoms with Crippen molar-refractivity contribution in [2.24, 2.45) is 0 Å². The van der Waals surface area contributed by atoms with Crippen molar-refractivity contribution in [3.8, 4) is 6.07 Å². The molecule has 0 heterocycles. The Kier molecular flexibility index (Phi) is 7.24. The smallest absolute Gasteiger partial charge is 0.270 e. The van der Waals surface area contributed by atoms with Gasteiger partial charge in [0.15, 0.2) is 0 Å². The predicted molar refractivity (Wildman–Crippen MR) is 84.3 cm³/mol. The molecule has 0 bridgehead atoms. The van der Waals surface area contributed by atoms with Gasteiger partial charge in [0.2, 0.25) is 0 Å². The zero-order chi connectivity index (χ0) is 15.7. The maximum Gasteiger partial charge on any atom is 0.270 e.